The number of hydrogen-bond donors (Lipinski definition) is 3. The van der Waals surface area contributed by atoms with Gasteiger partial charge in [0.25, 0.3) is 5.91 Å². The number of nitrogens with one attached hydrogen (secondary N) is 2. The van der Waals surface area contributed by atoms with Crippen LogP contribution in [0.2, 0.25) is 5.15 Å². The zero-order valence-electron chi connectivity index (χ0n) is 62.8. The average Bonchev–Trinajstić information content (AvgIpc) is 1.60. The molecule has 0 amide bonds. The largest absolute Gasteiger partial charge is 0.497 e. The molecule has 0 fully saturated rings. The second kappa shape index (κ2) is 34.2. The van der Waals surface area contributed by atoms with Crippen molar-refractivity contribution in [3.63, 3.8) is 0 Å². The van der Waals surface area contributed by atoms with E-state index in [1.165, 1.54) is 34.0 Å². The summed E-state index contributed by atoms with van der Waals surface area (Å²) in [5.74, 6) is 3.69. The smallest absolute Gasteiger partial charge is 0.280 e. The highest BCUT2D eigenvalue weighted by Crippen LogP contribution is 2.47. The number of rotatable bonds is 18. The number of halogens is 1. The van der Waals surface area contributed by atoms with Crippen LogP contribution in [0.5, 0.6) is 29.0 Å². The minimum absolute atomic E-state index is 0.200. The molecule has 0 atom stereocenters. The lowest BCUT2D eigenvalue weighted by Crippen LogP contribution is -2.26. The van der Waals surface area contributed by atoms with E-state index in [2.05, 4.69) is 65.5 Å². The van der Waals surface area contributed by atoms with Gasteiger partial charge in [0.05, 0.1) is 69.1 Å². The lowest BCUT2D eigenvalue weighted by atomic mass is 9.92. The lowest BCUT2D eigenvalue weighted by molar-refractivity contribution is 0.0958. The van der Waals surface area contributed by atoms with Crippen molar-refractivity contribution in [3.05, 3.63) is 292 Å². The molecule has 0 spiro atoms. The third-order valence-electron chi connectivity index (χ3n) is 18.4. The van der Waals surface area contributed by atoms with Crippen LogP contribution >= 0.6 is 45.6 Å². The Morgan fingerprint density at radius 1 is 0.377 bits per heavy atom. The van der Waals surface area contributed by atoms with Crippen molar-refractivity contribution in [1.82, 2.24) is 69.6 Å². The Labute approximate surface area is 672 Å². The Bertz CT molecular complexity index is 6230. The van der Waals surface area contributed by atoms with E-state index >= 15 is 0 Å². The van der Waals surface area contributed by atoms with Gasteiger partial charge in [-0.15, -0.1) is 30.6 Å². The van der Waals surface area contributed by atoms with Gasteiger partial charge in [0, 0.05) is 34.4 Å². The fraction of sp³-hybridized carbons (Fsp3) is 0.103. The first kappa shape index (κ1) is 75.6. The first-order valence-electron chi connectivity index (χ1n) is 35.8. The normalized spacial score (nSPS) is 11.5. The Morgan fingerprint density at radius 3 is 1.12 bits per heavy atom. The van der Waals surface area contributed by atoms with Crippen molar-refractivity contribution in [2.24, 2.45) is 0 Å². The molecule has 17 aromatic rings. The number of fused-ring (bicyclic) bond motifs is 3. The monoisotopic (exact) mass is 1580 g/mol. The molecule has 23 nitrogen and oxygen atoms in total. The van der Waals surface area contributed by atoms with Gasteiger partial charge >= 0.3 is 0 Å². The van der Waals surface area contributed by atoms with Gasteiger partial charge in [-0.1, -0.05) is 264 Å². The zero-order chi connectivity index (χ0) is 78.8. The Kier molecular flexibility index (Phi) is 22.7. The summed E-state index contributed by atoms with van der Waals surface area (Å²) < 4.78 is 32.9. The van der Waals surface area contributed by atoms with Crippen LogP contribution in [0.25, 0.3) is 106 Å². The minimum Gasteiger partial charge on any atom is -0.497 e. The number of hydrogen-bond acceptors (Lipinski definition) is 23. The maximum Gasteiger partial charge on any atom is 0.280 e. The van der Waals surface area contributed by atoms with Crippen LogP contribution < -0.4 is 40.1 Å². The molecule has 27 heteroatoms. The van der Waals surface area contributed by atoms with Gasteiger partial charge in [0.2, 0.25) is 27.2 Å². The summed E-state index contributed by atoms with van der Waals surface area (Å²) in [5, 5.41) is 50.5. The molecule has 0 unspecified atom stereocenters. The van der Waals surface area contributed by atoms with Crippen molar-refractivity contribution >= 4 is 89.6 Å². The molecule has 1 aliphatic heterocycles. The van der Waals surface area contributed by atoms with Crippen LogP contribution in [0, 0.1) is 20.8 Å². The maximum absolute atomic E-state index is 14.1. The van der Waals surface area contributed by atoms with Crippen molar-refractivity contribution in [2.45, 2.75) is 27.2 Å². The van der Waals surface area contributed by atoms with Gasteiger partial charge in [-0.05, 0) is 90.6 Å². The maximum atomic E-state index is 14.1. The summed E-state index contributed by atoms with van der Waals surface area (Å²) in [6.07, 6.45) is 0.468. The number of nitrogens with two attached hydrogens (primary N) is 1. The number of anilines is 4. The fourth-order valence-electron chi connectivity index (χ4n) is 13.2. The minimum atomic E-state index is -0.200. The van der Waals surface area contributed by atoms with E-state index < -0.39 is 0 Å². The molecule has 566 valence electrons. The first-order chi connectivity index (χ1) is 55.8. The summed E-state index contributed by atoms with van der Waals surface area (Å²) in [7, 11) is 8.16. The third-order valence-corrected chi connectivity index (χ3v) is 20.8. The fourth-order valence-corrected chi connectivity index (χ4v) is 15.2. The highest BCUT2D eigenvalue weighted by molar-refractivity contribution is 7.15. The van der Waals surface area contributed by atoms with Crippen LogP contribution in [0.3, 0.4) is 0 Å². The van der Waals surface area contributed by atoms with E-state index in [0.29, 0.717) is 67.0 Å². The predicted molar refractivity (Wildman–Crippen MR) is 452 cm³/mol. The number of nitrogen functional groups attached to an aromatic ring is 1. The number of carbonyl (C=O) groups excluding carboxylic acids is 1. The van der Waals surface area contributed by atoms with E-state index in [-0.39, 0.29) is 5.91 Å². The van der Waals surface area contributed by atoms with Gasteiger partial charge in [0.15, 0.2) is 11.3 Å². The van der Waals surface area contributed by atoms with E-state index in [4.69, 9.17) is 66.3 Å². The third kappa shape index (κ3) is 16.0. The summed E-state index contributed by atoms with van der Waals surface area (Å²) in [6, 6.07) is 83.3. The van der Waals surface area contributed by atoms with E-state index in [1.807, 2.05) is 251 Å². The molecule has 1 aliphatic rings. The molecular formula is C87H72ClN17O6S3. The van der Waals surface area contributed by atoms with Crippen LogP contribution in [0.15, 0.2) is 260 Å². The van der Waals surface area contributed by atoms with Crippen molar-refractivity contribution < 1.29 is 28.5 Å². The Balaban J connectivity index is 0.000000129. The summed E-state index contributed by atoms with van der Waals surface area (Å²) >= 11 is 11.1. The van der Waals surface area contributed by atoms with Gasteiger partial charge < -0.3 is 40.1 Å². The molecule has 0 saturated heterocycles. The lowest BCUT2D eigenvalue weighted by Gasteiger charge is -2.22. The Morgan fingerprint density at radius 2 is 0.737 bits per heavy atom. The van der Waals surface area contributed by atoms with Crippen molar-refractivity contribution in [3.8, 4) is 118 Å². The van der Waals surface area contributed by atoms with Crippen LogP contribution in [0.4, 0.5) is 21.2 Å². The quantitative estimate of drug-likeness (QED) is 0.0674. The van der Waals surface area contributed by atoms with E-state index in [1.54, 1.807) is 49.3 Å². The molecule has 9 heterocycles. The molecule has 4 N–H and O–H groups in total. The molecule has 0 bridgehead atoms. The standard InChI is InChI=1S/C29H24N6O2S.C29H23N5O2S.C26H20ClN3O2.C3H5N3S/c1-18-32-33-29(38-18)31-26-24(20-14-16-22(36-2)17-15-20)28(37-3)35-27(30-26)23(19-10-6-4-7-11-19)25(34-35)21-12-8-5-9-13-21;1-18-31-32-29(37-18)30-23-17-24-26(19-9-5-3-6-10-19)27(21-11-7-4-8-12-21)33-34(24)28(35)25(23)20-13-15-22(36-2)16-14-20;1-31-20-15-13-18(14-16-20)22-24(27)28-25-21(17-9-5-3-6-10-17)23(19-11-7-4-8-12-19)29-30(25)26(22)32-2;1-2-5-6-3(4)7-2/h4-17H,1-3H3,(H,30,31,33);3-16H,17H2,1-2H3,(H,30,32);3-16H,1-2H3;1H3,(H2,4,6). The van der Waals surface area contributed by atoms with Gasteiger partial charge in [-0.2, -0.15) is 29.0 Å². The summed E-state index contributed by atoms with van der Waals surface area (Å²) in [6.45, 7) is 5.69. The van der Waals surface area contributed by atoms with E-state index in [9.17, 15) is 4.79 Å². The number of carbonyl (C=O) groups is 1. The van der Waals surface area contributed by atoms with Crippen LogP contribution in [0.1, 0.15) is 31.1 Å². The molecule has 0 aliphatic carbocycles. The summed E-state index contributed by atoms with van der Waals surface area (Å²) in [5.41, 5.74) is 23.7. The number of nitrogens with zero attached hydrogens (tertiary/aromatic N) is 14. The summed E-state index contributed by atoms with van der Waals surface area (Å²) in [4.78, 5) is 24.1. The van der Waals surface area contributed by atoms with Crippen LogP contribution in [-0.4, -0.2) is 111 Å². The number of ether oxygens (including phenoxy) is 5. The molecule has 0 radical (unpaired) electrons. The van der Waals surface area contributed by atoms with Crippen molar-refractivity contribution in [2.75, 3.05) is 51.9 Å². The van der Waals surface area contributed by atoms with E-state index in [0.717, 1.165) is 133 Å². The van der Waals surface area contributed by atoms with Gasteiger partial charge in [-0.25, -0.2) is 9.97 Å². The second-order valence-electron chi connectivity index (χ2n) is 25.5. The number of aromatic nitrogens is 14. The molecule has 114 heavy (non-hydrogen) atoms. The highest BCUT2D eigenvalue weighted by Gasteiger charge is 2.35. The number of aryl methyl sites for hydroxylation is 3. The average molecular weight is 1580 g/mol. The molecule has 18 rings (SSSR count). The highest BCUT2D eigenvalue weighted by atomic mass is 35.5. The van der Waals surface area contributed by atoms with Gasteiger partial charge in [0.1, 0.15) is 60.3 Å². The number of methoxy groups -OCH3 is 5. The predicted octanol–water partition coefficient (Wildman–Crippen LogP) is 19.6. The zero-order valence-corrected chi connectivity index (χ0v) is 66.1. The second-order valence-corrected chi connectivity index (χ2v) is 29.4. The molecule has 0 saturated carbocycles. The first-order valence-corrected chi connectivity index (χ1v) is 38.6. The topological polar surface area (TPSA) is 269 Å². The molecule has 8 aromatic heterocycles. The Hall–Kier alpha value is -13.8. The molecule has 9 aromatic carbocycles. The number of benzene rings is 9. The van der Waals surface area contributed by atoms with Gasteiger partial charge in [-0.3, -0.25) is 4.79 Å². The number of allylic oxidation sites excluding steroid dienone is 2. The SMILES string of the molecule is COc1ccc(-c2c(Cl)nc3c(-c4ccccc4)c(-c4ccccc4)nn3c2OC)cc1.COc1ccc(-c2c(Nc3nnc(C)s3)nc3c(-c4ccccc4)c(-c4ccccc4)nn3c2OC)cc1.COc1ccc(C2=C(Nc3nnc(C)s3)Cc3c(-c4ccccc4)c(-c4ccccc4)nn3C2=O)cc1.Cc1nnc(N)s1. The van der Waals surface area contributed by atoms with Crippen molar-refractivity contribution in [1.29, 1.82) is 0 Å². The molecular weight excluding hydrogens is 1510 g/mol. The van der Waals surface area contributed by atoms with Crippen LogP contribution in [-0.2, 0) is 6.42 Å².